The van der Waals surface area contributed by atoms with Gasteiger partial charge in [-0.25, -0.2) is 0 Å². The summed E-state index contributed by atoms with van der Waals surface area (Å²) in [5.74, 6) is 0. The van der Waals surface area contributed by atoms with Gasteiger partial charge < -0.3 is 14.2 Å². The van der Waals surface area contributed by atoms with E-state index in [0.29, 0.717) is 5.56 Å². The molecule has 0 N–H and O–H groups in total. The molecule has 4 nitrogen and oxygen atoms in total. The van der Waals surface area contributed by atoms with Gasteiger partial charge in [0, 0.05) is 27.5 Å². The lowest BCUT2D eigenvalue weighted by atomic mass is 9.64. The number of furan rings is 1. The quantitative estimate of drug-likeness (QED) is 0.178. The first-order valence-corrected chi connectivity index (χ1v) is 21.1. The zero-order chi connectivity index (χ0) is 40.9. The highest BCUT2D eigenvalue weighted by molar-refractivity contribution is 6.18. The van der Waals surface area contributed by atoms with Crippen LogP contribution in [-0.4, -0.2) is 0 Å². The summed E-state index contributed by atoms with van der Waals surface area (Å²) in [5, 5.41) is 16.8. The molecule has 1 aliphatic heterocycles. The normalized spacial score (nSPS) is 13.2. The fourth-order valence-corrected chi connectivity index (χ4v) is 10.8. The SMILES string of the molecule is N#Cc1ccc(N(c2cc3c(c4ccccc24)-c2c(ccc4ccccc24)C32c3ccccc3N(c3ccccc3)c3ccccc32)c2cccc3c2oc2ccccc23)cc1. The highest BCUT2D eigenvalue weighted by Crippen LogP contribution is 2.66. The van der Waals surface area contributed by atoms with Crippen LogP contribution in [0.1, 0.15) is 27.8 Å². The smallest absolute Gasteiger partial charge is 0.159 e. The first-order valence-electron chi connectivity index (χ1n) is 21.1. The lowest BCUT2D eigenvalue weighted by Crippen LogP contribution is -2.36. The average Bonchev–Trinajstić information content (AvgIpc) is 3.87. The number of hydrogen-bond donors (Lipinski definition) is 0. The number of benzene rings is 10. The average molecular weight is 790 g/mol. The van der Waals surface area contributed by atoms with E-state index in [0.717, 1.165) is 61.4 Å². The van der Waals surface area contributed by atoms with E-state index in [-0.39, 0.29) is 0 Å². The monoisotopic (exact) mass is 789 g/mol. The van der Waals surface area contributed by atoms with Crippen LogP contribution in [-0.2, 0) is 5.41 Å². The zero-order valence-electron chi connectivity index (χ0n) is 33.5. The fraction of sp³-hybridized carbons (Fsp3) is 0.0172. The standard InChI is InChI=1S/C58H35N3O/c59-36-37-29-32-40(33-30-37)61(52-27-14-22-45-43-20-8-13-28-54(43)62-57(45)52)53-35-49-56(44-21-7-6-19-42(44)53)55-41-18-5-4-15-38(41)31-34-48(55)58(49)46-23-9-11-25-50(46)60(39-16-2-1-3-17-39)51-26-12-10-24-47(51)58/h1-35H. The van der Waals surface area contributed by atoms with Crippen LogP contribution in [0, 0.1) is 11.3 Å². The molecule has 13 rings (SSSR count). The van der Waals surface area contributed by atoms with Gasteiger partial charge >= 0.3 is 0 Å². The Morgan fingerprint density at radius 2 is 1.06 bits per heavy atom. The van der Waals surface area contributed by atoms with Crippen LogP contribution in [0.15, 0.2) is 217 Å². The van der Waals surface area contributed by atoms with E-state index in [1.54, 1.807) is 0 Å². The van der Waals surface area contributed by atoms with E-state index >= 15 is 0 Å². The molecule has 4 heteroatoms. The Hall–Kier alpha value is -8.39. The largest absolute Gasteiger partial charge is 0.454 e. The molecule has 11 aromatic rings. The molecule has 0 atom stereocenters. The second-order valence-electron chi connectivity index (χ2n) is 16.3. The van der Waals surface area contributed by atoms with Gasteiger partial charge in [0.15, 0.2) is 5.58 Å². The van der Waals surface area contributed by atoms with Gasteiger partial charge in [-0.15, -0.1) is 0 Å². The molecule has 0 amide bonds. The van der Waals surface area contributed by atoms with Gasteiger partial charge in [-0.2, -0.15) is 5.26 Å². The number of nitriles is 1. The van der Waals surface area contributed by atoms with Crippen LogP contribution >= 0.6 is 0 Å². The Bertz CT molecular complexity index is 3620. The summed E-state index contributed by atoms with van der Waals surface area (Å²) < 4.78 is 6.81. The van der Waals surface area contributed by atoms with Crippen LogP contribution in [0.3, 0.4) is 0 Å². The van der Waals surface area contributed by atoms with Gasteiger partial charge in [0.25, 0.3) is 0 Å². The van der Waals surface area contributed by atoms with E-state index in [1.165, 1.54) is 49.5 Å². The van der Waals surface area contributed by atoms with Gasteiger partial charge in [0.05, 0.1) is 39.8 Å². The fourth-order valence-electron chi connectivity index (χ4n) is 10.8. The van der Waals surface area contributed by atoms with Crippen molar-refractivity contribution in [1.82, 2.24) is 0 Å². The Balaban J connectivity index is 1.21. The lowest BCUT2D eigenvalue weighted by Gasteiger charge is -2.45. The first-order chi connectivity index (χ1) is 30.7. The van der Waals surface area contributed by atoms with Gasteiger partial charge in [-0.05, 0) is 116 Å². The van der Waals surface area contributed by atoms with Gasteiger partial charge in [0.2, 0.25) is 0 Å². The zero-order valence-corrected chi connectivity index (χ0v) is 33.5. The summed E-state index contributed by atoms with van der Waals surface area (Å²) in [6.07, 6.45) is 0. The maximum Gasteiger partial charge on any atom is 0.159 e. The van der Waals surface area contributed by atoms with Crippen molar-refractivity contribution < 1.29 is 4.42 Å². The van der Waals surface area contributed by atoms with Crippen molar-refractivity contribution in [3.05, 3.63) is 240 Å². The predicted molar refractivity (Wildman–Crippen MR) is 254 cm³/mol. The molecule has 1 aromatic heterocycles. The van der Waals surface area contributed by atoms with Crippen molar-refractivity contribution in [3.63, 3.8) is 0 Å². The molecule has 288 valence electrons. The van der Waals surface area contributed by atoms with Crippen molar-refractivity contribution in [2.45, 2.75) is 5.41 Å². The van der Waals surface area contributed by atoms with Gasteiger partial charge in [0.1, 0.15) is 5.58 Å². The number of fused-ring (bicyclic) bond motifs is 16. The third-order valence-electron chi connectivity index (χ3n) is 13.2. The minimum atomic E-state index is -0.701. The Morgan fingerprint density at radius 1 is 0.452 bits per heavy atom. The van der Waals surface area contributed by atoms with Crippen molar-refractivity contribution >= 4 is 77.6 Å². The Morgan fingerprint density at radius 3 is 1.82 bits per heavy atom. The van der Waals surface area contributed by atoms with Gasteiger partial charge in [-0.3, -0.25) is 0 Å². The van der Waals surface area contributed by atoms with Crippen molar-refractivity contribution in [3.8, 4) is 17.2 Å². The second kappa shape index (κ2) is 13.1. The molecule has 1 aliphatic carbocycles. The molecular formula is C58H35N3O. The molecule has 0 saturated heterocycles. The topological polar surface area (TPSA) is 43.4 Å². The molecule has 0 radical (unpaired) electrons. The molecule has 0 unspecified atom stereocenters. The molecule has 0 fully saturated rings. The minimum absolute atomic E-state index is 0.606. The molecule has 2 heterocycles. The Labute approximate surface area is 358 Å². The summed E-state index contributed by atoms with van der Waals surface area (Å²) in [6, 6.07) is 78.6. The van der Waals surface area contributed by atoms with Gasteiger partial charge in [-0.1, -0.05) is 146 Å². The van der Waals surface area contributed by atoms with E-state index in [2.05, 4.69) is 204 Å². The van der Waals surface area contributed by atoms with Crippen molar-refractivity contribution in [2.24, 2.45) is 0 Å². The first kappa shape index (κ1) is 34.5. The second-order valence-corrected chi connectivity index (χ2v) is 16.3. The van der Waals surface area contributed by atoms with E-state index in [1.807, 2.05) is 24.3 Å². The van der Waals surface area contributed by atoms with Crippen molar-refractivity contribution in [2.75, 3.05) is 9.80 Å². The van der Waals surface area contributed by atoms with E-state index < -0.39 is 5.41 Å². The molecule has 0 bridgehead atoms. The third kappa shape index (κ3) is 4.60. The maximum absolute atomic E-state index is 9.94. The number of anilines is 6. The third-order valence-corrected chi connectivity index (χ3v) is 13.2. The van der Waals surface area contributed by atoms with E-state index in [4.69, 9.17) is 4.42 Å². The molecule has 1 spiro atoms. The molecule has 10 aromatic carbocycles. The molecular weight excluding hydrogens is 755 g/mol. The molecule has 2 aliphatic rings. The number of para-hydroxylation sites is 5. The number of rotatable bonds is 4. The van der Waals surface area contributed by atoms with Crippen LogP contribution in [0.5, 0.6) is 0 Å². The number of hydrogen-bond acceptors (Lipinski definition) is 4. The van der Waals surface area contributed by atoms with E-state index in [9.17, 15) is 5.26 Å². The van der Waals surface area contributed by atoms with Crippen molar-refractivity contribution in [1.29, 1.82) is 5.26 Å². The number of nitrogens with zero attached hydrogens (tertiary/aromatic N) is 3. The predicted octanol–water partition coefficient (Wildman–Crippen LogP) is 15.4. The summed E-state index contributed by atoms with van der Waals surface area (Å²) in [4.78, 5) is 4.78. The maximum atomic E-state index is 9.94. The van der Waals surface area contributed by atoms with Crippen LogP contribution < -0.4 is 9.80 Å². The molecule has 62 heavy (non-hydrogen) atoms. The minimum Gasteiger partial charge on any atom is -0.454 e. The lowest BCUT2D eigenvalue weighted by molar-refractivity contribution is 0.669. The summed E-state index contributed by atoms with van der Waals surface area (Å²) in [5.41, 5.74) is 15.3. The summed E-state index contributed by atoms with van der Waals surface area (Å²) >= 11 is 0. The summed E-state index contributed by atoms with van der Waals surface area (Å²) in [6.45, 7) is 0. The van der Waals surface area contributed by atoms with Crippen LogP contribution in [0.25, 0.3) is 54.6 Å². The highest BCUT2D eigenvalue weighted by atomic mass is 16.3. The molecule has 0 saturated carbocycles. The van der Waals surface area contributed by atoms with Crippen LogP contribution in [0.2, 0.25) is 0 Å². The highest BCUT2D eigenvalue weighted by Gasteiger charge is 2.53. The van der Waals surface area contributed by atoms with Crippen LogP contribution in [0.4, 0.5) is 34.1 Å². The summed E-state index contributed by atoms with van der Waals surface area (Å²) in [7, 11) is 0. The Kier molecular flexibility index (Phi) is 7.26.